The van der Waals surface area contributed by atoms with Crippen LogP contribution >= 0.6 is 23.2 Å². The topological polar surface area (TPSA) is 71.3 Å². The Morgan fingerprint density at radius 2 is 1.81 bits per heavy atom. The molecule has 140 valence electrons. The lowest BCUT2D eigenvalue weighted by Gasteiger charge is -2.14. The first-order chi connectivity index (χ1) is 13.0. The third-order valence-electron chi connectivity index (χ3n) is 3.73. The van der Waals surface area contributed by atoms with Gasteiger partial charge in [0.25, 0.3) is 0 Å². The molecular formula is C19H18Cl2N4O2. The monoisotopic (exact) mass is 404 g/mol. The quantitative estimate of drug-likeness (QED) is 0.643. The summed E-state index contributed by atoms with van der Waals surface area (Å²) in [5.41, 5.74) is 1.69. The molecule has 27 heavy (non-hydrogen) atoms. The number of nitrogens with one attached hydrogen (secondary N) is 1. The molecule has 3 rings (SSSR count). The van der Waals surface area contributed by atoms with E-state index in [1.165, 1.54) is 0 Å². The van der Waals surface area contributed by atoms with E-state index >= 15 is 0 Å². The van der Waals surface area contributed by atoms with Crippen molar-refractivity contribution in [3.63, 3.8) is 0 Å². The van der Waals surface area contributed by atoms with Gasteiger partial charge in [0.1, 0.15) is 0 Å². The molecular weight excluding hydrogens is 387 g/mol. The van der Waals surface area contributed by atoms with Gasteiger partial charge in [0.15, 0.2) is 0 Å². The van der Waals surface area contributed by atoms with Gasteiger partial charge in [-0.25, -0.2) is 0 Å². The van der Waals surface area contributed by atoms with Gasteiger partial charge in [-0.1, -0.05) is 53.5 Å². The molecule has 0 unspecified atom stereocenters. The molecule has 6 nitrogen and oxygen atoms in total. The summed E-state index contributed by atoms with van der Waals surface area (Å²) >= 11 is 11.8. The fourth-order valence-corrected chi connectivity index (χ4v) is 2.80. The van der Waals surface area contributed by atoms with E-state index in [-0.39, 0.29) is 12.5 Å². The molecule has 0 aliphatic heterocycles. The SMILES string of the molecule is CN(CC(=O)Nc1ccc(Cl)c(Cl)c1)Cc1nnc(Cc2ccccc2)o1. The molecule has 0 radical (unpaired) electrons. The summed E-state index contributed by atoms with van der Waals surface area (Å²) in [5, 5.41) is 11.7. The van der Waals surface area contributed by atoms with E-state index in [1.54, 1.807) is 30.1 Å². The molecule has 1 heterocycles. The molecule has 0 aliphatic carbocycles. The third kappa shape index (κ3) is 5.79. The Kier molecular flexibility index (Phi) is 6.45. The van der Waals surface area contributed by atoms with Crippen molar-refractivity contribution >= 4 is 34.8 Å². The smallest absolute Gasteiger partial charge is 0.238 e. The number of hydrogen-bond acceptors (Lipinski definition) is 5. The van der Waals surface area contributed by atoms with Crippen LogP contribution in [0.1, 0.15) is 17.3 Å². The highest BCUT2D eigenvalue weighted by molar-refractivity contribution is 6.42. The van der Waals surface area contributed by atoms with E-state index in [9.17, 15) is 4.79 Å². The van der Waals surface area contributed by atoms with Crippen LogP contribution in [0.2, 0.25) is 10.0 Å². The van der Waals surface area contributed by atoms with Crippen molar-refractivity contribution in [2.24, 2.45) is 0 Å². The Labute approximate surface area is 167 Å². The highest BCUT2D eigenvalue weighted by Crippen LogP contribution is 2.24. The second-order valence-electron chi connectivity index (χ2n) is 6.10. The van der Waals surface area contributed by atoms with E-state index in [1.807, 2.05) is 30.3 Å². The first-order valence-electron chi connectivity index (χ1n) is 8.28. The molecule has 1 aromatic heterocycles. The van der Waals surface area contributed by atoms with Crippen LogP contribution < -0.4 is 5.32 Å². The first kappa shape index (κ1) is 19.4. The number of halogens is 2. The zero-order valence-electron chi connectivity index (χ0n) is 14.7. The van der Waals surface area contributed by atoms with Gasteiger partial charge < -0.3 is 9.73 Å². The fourth-order valence-electron chi connectivity index (χ4n) is 2.50. The van der Waals surface area contributed by atoms with Crippen LogP contribution in [0.5, 0.6) is 0 Å². The van der Waals surface area contributed by atoms with Crippen molar-refractivity contribution in [1.29, 1.82) is 0 Å². The summed E-state index contributed by atoms with van der Waals surface area (Å²) in [4.78, 5) is 13.9. The van der Waals surface area contributed by atoms with Crippen molar-refractivity contribution in [2.75, 3.05) is 18.9 Å². The second-order valence-corrected chi connectivity index (χ2v) is 6.92. The number of benzene rings is 2. The van der Waals surface area contributed by atoms with Gasteiger partial charge in [0.2, 0.25) is 17.7 Å². The number of anilines is 1. The van der Waals surface area contributed by atoms with Crippen molar-refractivity contribution in [3.8, 4) is 0 Å². The predicted octanol–water partition coefficient (Wildman–Crippen LogP) is 4.04. The first-order valence-corrected chi connectivity index (χ1v) is 9.04. The molecule has 3 aromatic rings. The molecule has 1 N–H and O–H groups in total. The third-order valence-corrected chi connectivity index (χ3v) is 4.47. The minimum Gasteiger partial charge on any atom is -0.424 e. The van der Waals surface area contributed by atoms with Crippen LogP contribution in [0.3, 0.4) is 0 Å². The summed E-state index contributed by atoms with van der Waals surface area (Å²) in [6.45, 7) is 0.535. The van der Waals surface area contributed by atoms with Crippen LogP contribution in [0, 0.1) is 0 Å². The van der Waals surface area contributed by atoms with Gasteiger partial charge in [-0.15, -0.1) is 10.2 Å². The Morgan fingerprint density at radius 3 is 2.56 bits per heavy atom. The lowest BCUT2D eigenvalue weighted by atomic mass is 10.2. The molecule has 0 saturated heterocycles. The standard InChI is InChI=1S/C19H18Cl2N4O2/c1-25(11-17(26)22-14-7-8-15(20)16(21)10-14)12-19-24-23-18(27-19)9-13-5-3-2-4-6-13/h2-8,10H,9,11-12H2,1H3,(H,22,26). The van der Waals surface area contributed by atoms with Crippen molar-refractivity contribution in [3.05, 3.63) is 75.9 Å². The van der Waals surface area contributed by atoms with Crippen molar-refractivity contribution in [2.45, 2.75) is 13.0 Å². The van der Waals surface area contributed by atoms with Gasteiger partial charge >= 0.3 is 0 Å². The molecule has 0 atom stereocenters. The van der Waals surface area contributed by atoms with Gasteiger partial charge in [-0.2, -0.15) is 0 Å². The Morgan fingerprint density at radius 1 is 1.07 bits per heavy atom. The van der Waals surface area contributed by atoms with E-state index in [0.717, 1.165) is 5.56 Å². The maximum absolute atomic E-state index is 12.2. The van der Waals surface area contributed by atoms with Gasteiger partial charge in [-0.05, 0) is 30.8 Å². The van der Waals surface area contributed by atoms with Crippen molar-refractivity contribution in [1.82, 2.24) is 15.1 Å². The molecule has 8 heteroatoms. The number of nitrogens with zero attached hydrogens (tertiary/aromatic N) is 3. The Hall–Kier alpha value is -2.41. The summed E-state index contributed by atoms with van der Waals surface area (Å²) in [6, 6.07) is 14.8. The normalized spacial score (nSPS) is 11.0. The number of rotatable bonds is 7. The van der Waals surface area contributed by atoms with Crippen LogP contribution in [0.4, 0.5) is 5.69 Å². The summed E-state index contributed by atoms with van der Waals surface area (Å²) < 4.78 is 5.66. The summed E-state index contributed by atoms with van der Waals surface area (Å²) in [6.07, 6.45) is 0.579. The van der Waals surface area contributed by atoms with Crippen LogP contribution in [0.25, 0.3) is 0 Å². The Bertz CT molecular complexity index is 915. The fraction of sp³-hybridized carbons (Fsp3) is 0.211. The van der Waals surface area contributed by atoms with E-state index in [0.29, 0.717) is 40.5 Å². The molecule has 0 spiro atoms. The molecule has 2 aromatic carbocycles. The van der Waals surface area contributed by atoms with Gasteiger partial charge in [-0.3, -0.25) is 9.69 Å². The van der Waals surface area contributed by atoms with E-state index < -0.39 is 0 Å². The van der Waals surface area contributed by atoms with Crippen molar-refractivity contribution < 1.29 is 9.21 Å². The largest absolute Gasteiger partial charge is 0.424 e. The van der Waals surface area contributed by atoms with Gasteiger partial charge in [0.05, 0.1) is 29.6 Å². The zero-order valence-corrected chi connectivity index (χ0v) is 16.2. The van der Waals surface area contributed by atoms with Crippen LogP contribution in [-0.2, 0) is 17.8 Å². The maximum atomic E-state index is 12.2. The molecule has 0 aliphatic rings. The van der Waals surface area contributed by atoms with E-state index in [2.05, 4.69) is 15.5 Å². The average molecular weight is 405 g/mol. The second kappa shape index (κ2) is 8.99. The lowest BCUT2D eigenvalue weighted by molar-refractivity contribution is -0.117. The predicted molar refractivity (Wildman–Crippen MR) is 105 cm³/mol. The summed E-state index contributed by atoms with van der Waals surface area (Å²) in [5.74, 6) is 0.829. The molecule has 0 saturated carbocycles. The molecule has 0 bridgehead atoms. The number of hydrogen-bond donors (Lipinski definition) is 1. The highest BCUT2D eigenvalue weighted by Gasteiger charge is 2.13. The maximum Gasteiger partial charge on any atom is 0.238 e. The van der Waals surface area contributed by atoms with E-state index in [4.69, 9.17) is 27.6 Å². The summed E-state index contributed by atoms with van der Waals surface area (Å²) in [7, 11) is 1.80. The molecule has 1 amide bonds. The van der Waals surface area contributed by atoms with Crippen LogP contribution in [-0.4, -0.2) is 34.6 Å². The zero-order chi connectivity index (χ0) is 19.2. The number of amides is 1. The number of carbonyl (C=O) groups excluding carboxylic acids is 1. The van der Waals surface area contributed by atoms with Gasteiger partial charge in [0, 0.05) is 5.69 Å². The average Bonchev–Trinajstić information content (AvgIpc) is 3.05. The highest BCUT2D eigenvalue weighted by atomic mass is 35.5. The number of carbonyl (C=O) groups is 1. The lowest BCUT2D eigenvalue weighted by Crippen LogP contribution is -2.29. The van der Waals surface area contributed by atoms with Crippen LogP contribution in [0.15, 0.2) is 52.9 Å². The number of aromatic nitrogens is 2. The minimum atomic E-state index is -0.181. The molecule has 0 fully saturated rings. The number of likely N-dealkylation sites (N-methyl/N-ethyl adjacent to an activating group) is 1. The Balaban J connectivity index is 1.50. The minimum absolute atomic E-state index is 0.163.